The van der Waals surface area contributed by atoms with Crippen LogP contribution in [0.15, 0.2) is 30.3 Å². The van der Waals surface area contributed by atoms with Crippen molar-refractivity contribution in [2.75, 3.05) is 19.5 Å². The topological polar surface area (TPSA) is 103 Å². The third-order valence-electron chi connectivity index (χ3n) is 5.20. The van der Waals surface area contributed by atoms with E-state index in [1.165, 1.54) is 0 Å². The maximum Gasteiger partial charge on any atom is 0.254 e. The maximum absolute atomic E-state index is 13.5. The van der Waals surface area contributed by atoms with E-state index in [0.29, 0.717) is 42.0 Å². The number of nitrogens with two attached hydrogens (primary N) is 1. The van der Waals surface area contributed by atoms with Crippen LogP contribution in [0.25, 0.3) is 10.9 Å². The van der Waals surface area contributed by atoms with Gasteiger partial charge in [-0.25, -0.2) is 4.98 Å². The first-order valence-electron chi connectivity index (χ1n) is 9.54. The molecule has 1 atom stereocenters. The lowest BCUT2D eigenvalue weighted by Crippen LogP contribution is -2.40. The van der Waals surface area contributed by atoms with E-state index in [1.54, 1.807) is 30.2 Å². The Bertz CT molecular complexity index is 1090. The van der Waals surface area contributed by atoms with Crippen LogP contribution in [-0.4, -0.2) is 45.7 Å². The van der Waals surface area contributed by atoms with E-state index in [-0.39, 0.29) is 18.5 Å². The molecule has 0 saturated carbocycles. The summed E-state index contributed by atoms with van der Waals surface area (Å²) in [5.74, 6) is 0.341. The normalized spacial score (nSPS) is 14.0. The van der Waals surface area contributed by atoms with Crippen LogP contribution < -0.4 is 5.73 Å². The molecule has 4 rings (SSSR count). The van der Waals surface area contributed by atoms with E-state index >= 15 is 0 Å². The lowest BCUT2D eigenvalue weighted by Gasteiger charge is -2.28. The number of benzene rings is 1. The third-order valence-corrected chi connectivity index (χ3v) is 5.40. The second-order valence-corrected chi connectivity index (χ2v) is 7.65. The molecule has 1 aliphatic heterocycles. The Morgan fingerprint density at radius 2 is 2.07 bits per heavy atom. The summed E-state index contributed by atoms with van der Waals surface area (Å²) in [6, 6.07) is 8.68. The fourth-order valence-corrected chi connectivity index (χ4v) is 3.73. The first-order chi connectivity index (χ1) is 14.5. The van der Waals surface area contributed by atoms with Crippen LogP contribution in [0.3, 0.4) is 0 Å². The molecule has 3 aromatic rings. The van der Waals surface area contributed by atoms with Crippen molar-refractivity contribution in [2.24, 2.45) is 0 Å². The number of amides is 1. The molecule has 8 nitrogen and oxygen atoms in total. The van der Waals surface area contributed by atoms with Crippen LogP contribution in [-0.2, 0) is 29.2 Å². The standard InChI is InChI=1S/C21H22ClN5O3/c1-12(9-29-2)27(8-14-4-6-19(22)26-25-14)21(28)13-3-5-18-15(7-13)16-10-30-11-17(16)20(23)24-18/h3-7,12H,8-11H2,1-2H3,(H2,23,24). The van der Waals surface area contributed by atoms with Crippen LogP contribution in [0.5, 0.6) is 0 Å². The molecule has 0 spiro atoms. The molecule has 1 aromatic carbocycles. The molecule has 0 radical (unpaired) electrons. The summed E-state index contributed by atoms with van der Waals surface area (Å²) in [4.78, 5) is 19.6. The number of halogens is 1. The molecule has 0 saturated heterocycles. The number of aromatic nitrogens is 3. The number of fused-ring (bicyclic) bond motifs is 3. The zero-order valence-electron chi connectivity index (χ0n) is 16.8. The van der Waals surface area contributed by atoms with Gasteiger partial charge in [-0.05, 0) is 42.8 Å². The van der Waals surface area contributed by atoms with Crippen LogP contribution in [0, 0.1) is 0 Å². The summed E-state index contributed by atoms with van der Waals surface area (Å²) in [6.07, 6.45) is 0. The SMILES string of the molecule is COCC(C)N(Cc1ccc(Cl)nn1)C(=O)c1ccc2nc(N)c3c(c2c1)COC3. The summed E-state index contributed by atoms with van der Waals surface area (Å²) in [7, 11) is 1.61. The molecule has 1 unspecified atom stereocenters. The van der Waals surface area contributed by atoms with E-state index in [9.17, 15) is 4.79 Å². The minimum absolute atomic E-state index is 0.136. The van der Waals surface area contributed by atoms with Crippen LogP contribution in [0.1, 0.15) is 34.1 Å². The van der Waals surface area contributed by atoms with Gasteiger partial charge in [0, 0.05) is 23.6 Å². The molecule has 1 amide bonds. The van der Waals surface area contributed by atoms with Gasteiger partial charge in [0.25, 0.3) is 5.91 Å². The van der Waals surface area contributed by atoms with E-state index < -0.39 is 0 Å². The van der Waals surface area contributed by atoms with Gasteiger partial charge in [-0.15, -0.1) is 5.10 Å². The van der Waals surface area contributed by atoms with Crippen molar-refractivity contribution in [3.05, 3.63) is 57.9 Å². The maximum atomic E-state index is 13.5. The second kappa shape index (κ2) is 8.51. The van der Waals surface area contributed by atoms with Gasteiger partial charge in [-0.2, -0.15) is 5.10 Å². The minimum atomic E-state index is -0.172. The number of ether oxygens (including phenoxy) is 2. The van der Waals surface area contributed by atoms with Crippen LogP contribution >= 0.6 is 11.6 Å². The van der Waals surface area contributed by atoms with Crippen molar-refractivity contribution in [2.45, 2.75) is 32.7 Å². The summed E-state index contributed by atoms with van der Waals surface area (Å²) >= 11 is 5.83. The highest BCUT2D eigenvalue weighted by atomic mass is 35.5. The average molecular weight is 428 g/mol. The number of carbonyl (C=O) groups excluding carboxylic acids is 1. The second-order valence-electron chi connectivity index (χ2n) is 7.26. The quantitative estimate of drug-likeness (QED) is 0.644. The number of hydrogen-bond donors (Lipinski definition) is 1. The van der Waals surface area contributed by atoms with Crippen molar-refractivity contribution in [1.29, 1.82) is 0 Å². The average Bonchev–Trinajstić information content (AvgIpc) is 3.24. The van der Waals surface area contributed by atoms with Gasteiger partial charge >= 0.3 is 0 Å². The van der Waals surface area contributed by atoms with Crippen molar-refractivity contribution in [3.63, 3.8) is 0 Å². The number of pyridine rings is 1. The Balaban J connectivity index is 1.70. The number of rotatable bonds is 6. The molecule has 0 bridgehead atoms. The van der Waals surface area contributed by atoms with Crippen LogP contribution in [0.4, 0.5) is 5.82 Å². The summed E-state index contributed by atoms with van der Waals surface area (Å²) < 4.78 is 10.8. The molecule has 0 fully saturated rings. The zero-order valence-corrected chi connectivity index (χ0v) is 17.5. The molecular formula is C21H22ClN5O3. The molecule has 30 heavy (non-hydrogen) atoms. The van der Waals surface area contributed by atoms with Crippen molar-refractivity contribution < 1.29 is 14.3 Å². The Morgan fingerprint density at radius 3 is 2.80 bits per heavy atom. The molecule has 0 aliphatic carbocycles. The van der Waals surface area contributed by atoms with Gasteiger partial charge in [-0.1, -0.05) is 11.6 Å². The number of nitrogens with zero attached hydrogens (tertiary/aromatic N) is 4. The Hall–Kier alpha value is -2.81. The number of carbonyl (C=O) groups is 1. The Morgan fingerprint density at radius 1 is 1.27 bits per heavy atom. The molecule has 2 N–H and O–H groups in total. The molecule has 156 valence electrons. The Kier molecular flexibility index (Phi) is 5.80. The fraction of sp³-hybridized carbons (Fsp3) is 0.333. The number of methoxy groups -OCH3 is 1. The third kappa shape index (κ3) is 3.94. The Labute approximate surface area is 179 Å². The first kappa shape index (κ1) is 20.5. The highest BCUT2D eigenvalue weighted by Crippen LogP contribution is 2.32. The number of nitrogen functional groups attached to an aromatic ring is 1. The van der Waals surface area contributed by atoms with Crippen molar-refractivity contribution >= 4 is 34.2 Å². The smallest absolute Gasteiger partial charge is 0.254 e. The predicted molar refractivity (Wildman–Crippen MR) is 113 cm³/mol. The van der Waals surface area contributed by atoms with E-state index in [1.807, 2.05) is 19.1 Å². The van der Waals surface area contributed by atoms with Gasteiger partial charge in [0.05, 0.1) is 43.6 Å². The van der Waals surface area contributed by atoms with E-state index in [2.05, 4.69) is 15.2 Å². The minimum Gasteiger partial charge on any atom is -0.383 e. The highest BCUT2D eigenvalue weighted by molar-refractivity contribution is 6.29. The first-order valence-corrected chi connectivity index (χ1v) is 9.92. The highest BCUT2D eigenvalue weighted by Gasteiger charge is 2.25. The summed E-state index contributed by atoms with van der Waals surface area (Å²) in [6.45, 7) is 3.50. The lowest BCUT2D eigenvalue weighted by molar-refractivity contribution is 0.0538. The van der Waals surface area contributed by atoms with Gasteiger partial charge in [0.1, 0.15) is 5.82 Å². The van der Waals surface area contributed by atoms with Gasteiger partial charge in [0.2, 0.25) is 0 Å². The predicted octanol–water partition coefficient (Wildman–Crippen LogP) is 2.97. The van der Waals surface area contributed by atoms with Gasteiger partial charge < -0.3 is 20.1 Å². The molecule has 2 aromatic heterocycles. The number of anilines is 1. The molecular weight excluding hydrogens is 406 g/mol. The van der Waals surface area contributed by atoms with Crippen molar-refractivity contribution in [1.82, 2.24) is 20.1 Å². The van der Waals surface area contributed by atoms with Crippen molar-refractivity contribution in [3.8, 4) is 0 Å². The van der Waals surface area contributed by atoms with Gasteiger partial charge in [-0.3, -0.25) is 4.79 Å². The molecule has 3 heterocycles. The zero-order chi connectivity index (χ0) is 21.3. The monoisotopic (exact) mass is 427 g/mol. The molecule has 1 aliphatic rings. The largest absolute Gasteiger partial charge is 0.383 e. The van der Waals surface area contributed by atoms with E-state index in [4.69, 9.17) is 26.8 Å². The molecule has 9 heteroatoms. The van der Waals surface area contributed by atoms with E-state index in [0.717, 1.165) is 22.0 Å². The summed E-state index contributed by atoms with van der Waals surface area (Å²) in [5.41, 5.74) is 9.87. The lowest BCUT2D eigenvalue weighted by atomic mass is 10.0. The van der Waals surface area contributed by atoms with Gasteiger partial charge in [0.15, 0.2) is 5.15 Å². The van der Waals surface area contributed by atoms with Crippen LogP contribution in [0.2, 0.25) is 5.15 Å². The number of hydrogen-bond acceptors (Lipinski definition) is 7. The fourth-order valence-electron chi connectivity index (χ4n) is 3.63. The summed E-state index contributed by atoms with van der Waals surface area (Å²) in [5, 5.41) is 9.14.